The van der Waals surface area contributed by atoms with E-state index in [-0.39, 0.29) is 0 Å². The van der Waals surface area contributed by atoms with Gasteiger partial charge in [-0.25, -0.2) is 24.2 Å². The minimum absolute atomic E-state index is 0.677. The molecular formula is C17H27N3O19P2. The fourth-order valence-electron chi connectivity index (χ4n) is 3.05. The lowest BCUT2D eigenvalue weighted by molar-refractivity contribution is -0.162. The second-order valence-electron chi connectivity index (χ2n) is 8.19. The number of amides is 1. The van der Waals surface area contributed by atoms with E-state index in [1.807, 2.05) is 4.98 Å². The molecule has 0 aromatic carbocycles. The van der Waals surface area contributed by atoms with Crippen LogP contribution in [0.25, 0.3) is 0 Å². The van der Waals surface area contributed by atoms with Gasteiger partial charge in [0.2, 0.25) is 5.91 Å². The topological polar surface area (TPSA) is 343 Å². The fraction of sp³-hybridized carbons (Fsp3) is 0.647. The van der Waals surface area contributed by atoms with Gasteiger partial charge in [0.05, 0.1) is 13.2 Å². The Bertz CT molecular complexity index is 1290. The van der Waals surface area contributed by atoms with Crippen LogP contribution in [0.3, 0.4) is 0 Å². The number of H-pyrrole nitrogens is 1. The smallest absolute Gasteiger partial charge is 0.394 e. The minimum atomic E-state index is -5.95. The predicted molar refractivity (Wildman–Crippen MR) is 124 cm³/mol. The van der Waals surface area contributed by atoms with E-state index in [1.165, 1.54) is 5.48 Å². The molecule has 2 unspecified atom stereocenters. The molecule has 1 aliphatic rings. The number of carbonyl (C=O) groups excluding carboxylic acids is 2. The number of nitrogens with zero attached hydrogens (tertiary/aromatic N) is 1. The standard InChI is InChI=1S/C17H27N3O19P2/c1-6(22)19-38-41(34,39-40(32,33)37-16(30)14(29)12(27)10(25)7(23)4-21)35-5-8-11(26)13(28)15(36-8)20-3-2-9(24)18-17(20)31/h2-3,7-8,10-15,21,23,25-29H,4-5H2,1H3,(H,19,22)(H,32,33)(H,18,24,31)/t7-,8-,10-,11-,12+,13-,14-,15-,41?/m1/s1. The molecule has 2 rings (SSSR count). The summed E-state index contributed by atoms with van der Waals surface area (Å²) in [5, 5.41) is 67.5. The highest BCUT2D eigenvalue weighted by molar-refractivity contribution is 7.62. The maximum absolute atomic E-state index is 12.9. The van der Waals surface area contributed by atoms with Crippen LogP contribution in [-0.2, 0) is 41.4 Å². The molecular weight excluding hydrogens is 612 g/mol. The van der Waals surface area contributed by atoms with E-state index in [0.29, 0.717) is 4.57 Å². The number of aromatic amines is 1. The molecule has 1 amide bonds. The van der Waals surface area contributed by atoms with Crippen LogP contribution in [0.2, 0.25) is 0 Å². The summed E-state index contributed by atoms with van der Waals surface area (Å²) in [5.41, 5.74) is -0.389. The lowest BCUT2D eigenvalue weighted by Crippen LogP contribution is -2.49. The maximum atomic E-state index is 12.9. The first kappa shape index (κ1) is 34.8. The zero-order chi connectivity index (χ0) is 31.3. The highest BCUT2D eigenvalue weighted by Gasteiger charge is 2.48. The van der Waals surface area contributed by atoms with Gasteiger partial charge in [-0.05, 0) is 0 Å². The van der Waals surface area contributed by atoms with Gasteiger partial charge in [-0.3, -0.25) is 28.6 Å². The van der Waals surface area contributed by atoms with E-state index >= 15 is 0 Å². The van der Waals surface area contributed by atoms with Gasteiger partial charge in [-0.1, -0.05) is 0 Å². The van der Waals surface area contributed by atoms with Crippen LogP contribution in [0.1, 0.15) is 13.2 Å². The van der Waals surface area contributed by atoms with Crippen molar-refractivity contribution in [3.63, 3.8) is 0 Å². The third-order valence-electron chi connectivity index (χ3n) is 5.07. The number of rotatable bonds is 14. The average molecular weight is 639 g/mol. The first-order valence-electron chi connectivity index (χ1n) is 11.0. The summed E-state index contributed by atoms with van der Waals surface area (Å²) in [6.45, 7) is -1.43. The molecule has 1 fully saturated rings. The number of ether oxygens (including phenoxy) is 1. The number of aliphatic hydroxyl groups excluding tert-OH is 7. The van der Waals surface area contributed by atoms with Crippen LogP contribution < -0.4 is 16.7 Å². The first-order chi connectivity index (χ1) is 18.9. The Labute approximate surface area is 227 Å². The van der Waals surface area contributed by atoms with Crippen molar-refractivity contribution >= 4 is 27.5 Å². The van der Waals surface area contributed by atoms with Crippen molar-refractivity contribution in [2.75, 3.05) is 13.2 Å². The van der Waals surface area contributed by atoms with Gasteiger partial charge in [0.15, 0.2) is 12.3 Å². The van der Waals surface area contributed by atoms with Crippen molar-refractivity contribution in [3.8, 4) is 0 Å². The summed E-state index contributed by atoms with van der Waals surface area (Å²) in [5.74, 6) is -3.24. The normalized spacial score (nSPS) is 26.7. The molecule has 0 spiro atoms. The number of hydrogen-bond acceptors (Lipinski definition) is 18. The second-order valence-corrected chi connectivity index (χ2v) is 11.3. The van der Waals surface area contributed by atoms with Crippen LogP contribution >= 0.6 is 15.6 Å². The lowest BCUT2D eigenvalue weighted by Gasteiger charge is -2.25. The number of aliphatic hydroxyl groups is 7. The molecule has 0 saturated carbocycles. The molecule has 234 valence electrons. The fourth-order valence-corrected chi connectivity index (χ4v) is 5.47. The van der Waals surface area contributed by atoms with Crippen LogP contribution in [-0.4, -0.2) is 118 Å². The van der Waals surface area contributed by atoms with Gasteiger partial charge in [0.25, 0.3) is 5.56 Å². The molecule has 0 aliphatic carbocycles. The number of carbonyl (C=O) groups is 2. The third kappa shape index (κ3) is 9.30. The highest BCUT2D eigenvalue weighted by atomic mass is 31.3. The monoisotopic (exact) mass is 639 g/mol. The Morgan fingerprint density at radius 3 is 2.34 bits per heavy atom. The Hall–Kier alpha value is -2.40. The highest BCUT2D eigenvalue weighted by Crippen LogP contribution is 2.63. The summed E-state index contributed by atoms with van der Waals surface area (Å²) in [4.78, 5) is 58.1. The zero-order valence-corrected chi connectivity index (χ0v) is 22.4. The molecule has 24 heteroatoms. The van der Waals surface area contributed by atoms with Crippen LogP contribution in [0.4, 0.5) is 0 Å². The Morgan fingerprint density at radius 2 is 1.78 bits per heavy atom. The van der Waals surface area contributed by atoms with E-state index in [9.17, 15) is 63.8 Å². The van der Waals surface area contributed by atoms with Gasteiger partial charge < -0.3 is 45.0 Å². The van der Waals surface area contributed by atoms with Crippen molar-refractivity contribution in [2.45, 2.75) is 55.9 Å². The van der Waals surface area contributed by atoms with E-state index in [1.54, 1.807) is 0 Å². The van der Waals surface area contributed by atoms with E-state index < -0.39 is 101 Å². The SMILES string of the molecule is CC(=O)NOP(=O)(OC[C@H]1O[C@@H](n2ccc(=O)[nH]c2=O)[C@H](O)[C@@H]1O)OP(=O)(O)OC(=O)[C@H](O)[C@@H](O)[C@H](O)[C@H](O)CO. The minimum Gasteiger partial charge on any atom is -0.394 e. The molecule has 0 radical (unpaired) electrons. The number of nitrogens with one attached hydrogen (secondary N) is 2. The molecule has 22 nitrogen and oxygen atoms in total. The van der Waals surface area contributed by atoms with Gasteiger partial charge in [-0.15, -0.1) is 0 Å². The van der Waals surface area contributed by atoms with Crippen LogP contribution in [0, 0.1) is 0 Å². The summed E-state index contributed by atoms with van der Waals surface area (Å²) in [6, 6.07) is 0.891. The van der Waals surface area contributed by atoms with Crippen LogP contribution in [0.15, 0.2) is 21.9 Å². The average Bonchev–Trinajstić information content (AvgIpc) is 3.17. The van der Waals surface area contributed by atoms with Gasteiger partial charge >= 0.3 is 27.3 Å². The molecule has 2 heterocycles. The number of hydrogen-bond donors (Lipinski definition) is 10. The molecule has 0 bridgehead atoms. The summed E-state index contributed by atoms with van der Waals surface area (Å²) < 4.78 is 48.4. The van der Waals surface area contributed by atoms with Crippen molar-refractivity contribution < 1.29 is 82.1 Å². The summed E-state index contributed by atoms with van der Waals surface area (Å²) in [6.07, 6.45) is -15.9. The summed E-state index contributed by atoms with van der Waals surface area (Å²) in [7, 11) is -11.5. The molecule has 1 saturated heterocycles. The first-order valence-corrected chi connectivity index (χ1v) is 14.0. The number of phosphoric ester groups is 1. The Balaban J connectivity index is 2.16. The molecule has 1 aromatic rings. The van der Waals surface area contributed by atoms with Crippen molar-refractivity contribution in [2.24, 2.45) is 0 Å². The van der Waals surface area contributed by atoms with Gasteiger partial charge in [-0.2, -0.15) is 8.94 Å². The van der Waals surface area contributed by atoms with Crippen molar-refractivity contribution in [3.05, 3.63) is 33.1 Å². The van der Waals surface area contributed by atoms with E-state index in [2.05, 4.69) is 13.5 Å². The molecule has 10 atom stereocenters. The van der Waals surface area contributed by atoms with E-state index in [0.717, 1.165) is 19.2 Å². The van der Waals surface area contributed by atoms with Crippen LogP contribution in [0.5, 0.6) is 0 Å². The lowest BCUT2D eigenvalue weighted by atomic mass is 10.0. The molecule has 1 aliphatic heterocycles. The van der Waals surface area contributed by atoms with Crippen molar-refractivity contribution in [1.29, 1.82) is 0 Å². The molecule has 1 aromatic heterocycles. The summed E-state index contributed by atoms with van der Waals surface area (Å²) >= 11 is 0. The van der Waals surface area contributed by atoms with E-state index in [4.69, 9.17) is 14.4 Å². The number of hydroxylamine groups is 1. The Kier molecular flexibility index (Phi) is 12.0. The number of phosphoric acid groups is 2. The molecule has 10 N–H and O–H groups in total. The zero-order valence-electron chi connectivity index (χ0n) is 20.6. The molecule has 41 heavy (non-hydrogen) atoms. The second kappa shape index (κ2) is 14.2. The quantitative estimate of drug-likeness (QED) is 0.0670. The van der Waals surface area contributed by atoms with Crippen molar-refractivity contribution in [1.82, 2.24) is 15.0 Å². The number of aromatic nitrogens is 2. The third-order valence-corrected chi connectivity index (χ3v) is 7.88. The van der Waals surface area contributed by atoms with Gasteiger partial charge in [0.1, 0.15) is 36.6 Å². The Morgan fingerprint density at radius 1 is 1.15 bits per heavy atom. The largest absolute Gasteiger partial charge is 0.538 e. The maximum Gasteiger partial charge on any atom is 0.538 e. The predicted octanol–water partition coefficient (Wildman–Crippen LogP) is -5.56. The van der Waals surface area contributed by atoms with Gasteiger partial charge in [0, 0.05) is 19.2 Å².